The van der Waals surface area contributed by atoms with Gasteiger partial charge in [-0.3, -0.25) is 14.0 Å². The van der Waals surface area contributed by atoms with Crippen LogP contribution in [0, 0.1) is 0 Å². The standard InChI is InChI=1S/C19H22N6O2/c26-10-9-25-8-6-18(22-25)16-4-2-7-23(12-16)19(27)15-3-1-5-17(11-15)24-13-20-21-14-24/h1,3,5-6,8,11,13-14,16,26H,2,4,7,9-10,12H2/t16-/m0/s1. The third-order valence-corrected chi connectivity index (χ3v) is 4.93. The first kappa shape index (κ1) is 17.4. The Bertz CT molecular complexity index is 905. The van der Waals surface area contributed by atoms with Gasteiger partial charge in [0, 0.05) is 36.5 Å². The van der Waals surface area contributed by atoms with E-state index in [0.29, 0.717) is 18.7 Å². The van der Waals surface area contributed by atoms with E-state index in [2.05, 4.69) is 15.3 Å². The van der Waals surface area contributed by atoms with Gasteiger partial charge in [-0.2, -0.15) is 5.10 Å². The molecule has 8 nitrogen and oxygen atoms in total. The first-order valence-corrected chi connectivity index (χ1v) is 9.13. The lowest BCUT2D eigenvalue weighted by molar-refractivity contribution is 0.0705. The van der Waals surface area contributed by atoms with Crippen molar-refractivity contribution >= 4 is 5.91 Å². The van der Waals surface area contributed by atoms with Crippen molar-refractivity contribution in [2.75, 3.05) is 19.7 Å². The largest absolute Gasteiger partial charge is 0.394 e. The number of likely N-dealkylation sites (tertiary alicyclic amines) is 1. The molecular weight excluding hydrogens is 344 g/mol. The summed E-state index contributed by atoms with van der Waals surface area (Å²) in [5.41, 5.74) is 2.51. The minimum absolute atomic E-state index is 0.0319. The van der Waals surface area contributed by atoms with Crippen molar-refractivity contribution in [3.63, 3.8) is 0 Å². The number of amides is 1. The minimum Gasteiger partial charge on any atom is -0.394 e. The van der Waals surface area contributed by atoms with Gasteiger partial charge in [-0.05, 0) is 37.1 Å². The van der Waals surface area contributed by atoms with E-state index in [-0.39, 0.29) is 18.4 Å². The molecule has 1 amide bonds. The lowest BCUT2D eigenvalue weighted by Gasteiger charge is -2.32. The van der Waals surface area contributed by atoms with Crippen LogP contribution in [0.3, 0.4) is 0 Å². The van der Waals surface area contributed by atoms with Crippen LogP contribution < -0.4 is 0 Å². The fourth-order valence-electron chi connectivity index (χ4n) is 3.54. The summed E-state index contributed by atoms with van der Waals surface area (Å²) in [4.78, 5) is 14.9. The summed E-state index contributed by atoms with van der Waals surface area (Å²) in [7, 11) is 0. The molecule has 0 unspecified atom stereocenters. The van der Waals surface area contributed by atoms with E-state index >= 15 is 0 Å². The quantitative estimate of drug-likeness (QED) is 0.739. The Labute approximate surface area is 157 Å². The smallest absolute Gasteiger partial charge is 0.253 e. The second kappa shape index (κ2) is 7.71. The molecule has 140 valence electrons. The van der Waals surface area contributed by atoms with Crippen molar-refractivity contribution in [2.24, 2.45) is 0 Å². The SMILES string of the molecule is O=C(c1cccc(-n2cnnc2)c1)N1CCC[C@H](c2ccn(CCO)n2)C1. The molecule has 1 aliphatic heterocycles. The molecule has 0 bridgehead atoms. The highest BCUT2D eigenvalue weighted by atomic mass is 16.3. The van der Waals surface area contributed by atoms with Crippen LogP contribution >= 0.6 is 0 Å². The minimum atomic E-state index is 0.0319. The van der Waals surface area contributed by atoms with Crippen molar-refractivity contribution in [1.29, 1.82) is 0 Å². The Kier molecular flexibility index (Phi) is 4.97. The van der Waals surface area contributed by atoms with Gasteiger partial charge in [-0.15, -0.1) is 10.2 Å². The van der Waals surface area contributed by atoms with Gasteiger partial charge in [0.25, 0.3) is 5.91 Å². The molecule has 0 radical (unpaired) electrons. The van der Waals surface area contributed by atoms with Crippen molar-refractivity contribution in [1.82, 2.24) is 29.4 Å². The lowest BCUT2D eigenvalue weighted by Crippen LogP contribution is -2.39. The maximum Gasteiger partial charge on any atom is 0.253 e. The van der Waals surface area contributed by atoms with Gasteiger partial charge in [0.2, 0.25) is 0 Å². The van der Waals surface area contributed by atoms with Crippen LogP contribution in [0.1, 0.15) is 34.8 Å². The zero-order valence-corrected chi connectivity index (χ0v) is 15.0. The molecule has 2 aromatic heterocycles. The number of aliphatic hydroxyl groups is 1. The summed E-state index contributed by atoms with van der Waals surface area (Å²) >= 11 is 0. The van der Waals surface area contributed by atoms with E-state index in [4.69, 9.17) is 5.11 Å². The van der Waals surface area contributed by atoms with Crippen molar-refractivity contribution in [3.8, 4) is 5.69 Å². The summed E-state index contributed by atoms with van der Waals surface area (Å²) < 4.78 is 3.53. The van der Waals surface area contributed by atoms with Crippen LogP contribution in [-0.4, -0.2) is 60.2 Å². The molecule has 0 aliphatic carbocycles. The van der Waals surface area contributed by atoms with Gasteiger partial charge in [0.05, 0.1) is 18.8 Å². The van der Waals surface area contributed by atoms with Crippen LogP contribution in [0.5, 0.6) is 0 Å². The van der Waals surface area contributed by atoms with Crippen molar-refractivity contribution < 1.29 is 9.90 Å². The van der Waals surface area contributed by atoms with Crippen LogP contribution in [-0.2, 0) is 6.54 Å². The van der Waals surface area contributed by atoms with Crippen molar-refractivity contribution in [2.45, 2.75) is 25.3 Å². The summed E-state index contributed by atoms with van der Waals surface area (Å²) in [6.07, 6.45) is 7.08. The molecule has 4 rings (SSSR count). The number of rotatable bonds is 5. The number of carbonyl (C=O) groups excluding carboxylic acids is 1. The van der Waals surface area contributed by atoms with Gasteiger partial charge in [-0.25, -0.2) is 0 Å². The van der Waals surface area contributed by atoms with E-state index in [1.807, 2.05) is 41.4 Å². The normalized spacial score (nSPS) is 17.2. The maximum atomic E-state index is 13.0. The molecule has 1 fully saturated rings. The zero-order valence-electron chi connectivity index (χ0n) is 15.0. The highest BCUT2D eigenvalue weighted by molar-refractivity contribution is 5.94. The van der Waals surface area contributed by atoms with Crippen LogP contribution in [0.25, 0.3) is 5.69 Å². The number of aromatic nitrogens is 5. The number of piperidine rings is 1. The third kappa shape index (κ3) is 3.75. The highest BCUT2D eigenvalue weighted by Crippen LogP contribution is 2.27. The van der Waals surface area contributed by atoms with E-state index in [9.17, 15) is 4.79 Å². The Morgan fingerprint density at radius 2 is 2.07 bits per heavy atom. The molecule has 0 spiro atoms. The van der Waals surface area contributed by atoms with Gasteiger partial charge in [-0.1, -0.05) is 6.07 Å². The topological polar surface area (TPSA) is 89.1 Å². The molecular formula is C19H22N6O2. The summed E-state index contributed by atoms with van der Waals surface area (Å²) in [5, 5.41) is 21.2. The fraction of sp³-hybridized carbons (Fsp3) is 0.368. The van der Waals surface area contributed by atoms with E-state index in [1.165, 1.54) is 0 Å². The molecule has 3 heterocycles. The molecule has 27 heavy (non-hydrogen) atoms. The molecule has 1 atom stereocenters. The van der Waals surface area contributed by atoms with E-state index in [0.717, 1.165) is 30.8 Å². The van der Waals surface area contributed by atoms with Gasteiger partial charge in [0.1, 0.15) is 12.7 Å². The predicted molar refractivity (Wildman–Crippen MR) is 98.6 cm³/mol. The van der Waals surface area contributed by atoms with Crippen LogP contribution in [0.4, 0.5) is 0 Å². The van der Waals surface area contributed by atoms with Crippen LogP contribution in [0.15, 0.2) is 49.2 Å². The molecule has 3 aromatic rings. The molecule has 1 aromatic carbocycles. The monoisotopic (exact) mass is 366 g/mol. The first-order valence-electron chi connectivity index (χ1n) is 9.13. The number of hydrogen-bond acceptors (Lipinski definition) is 5. The molecule has 1 aliphatic rings. The Morgan fingerprint density at radius 1 is 1.22 bits per heavy atom. The Hall–Kier alpha value is -3.00. The Morgan fingerprint density at radius 3 is 2.89 bits per heavy atom. The number of carbonyl (C=O) groups is 1. The van der Waals surface area contributed by atoms with Crippen LogP contribution in [0.2, 0.25) is 0 Å². The third-order valence-electron chi connectivity index (χ3n) is 4.93. The molecule has 8 heteroatoms. The van der Waals surface area contributed by atoms with E-state index in [1.54, 1.807) is 21.9 Å². The maximum absolute atomic E-state index is 13.0. The summed E-state index contributed by atoms with van der Waals surface area (Å²) in [6, 6.07) is 9.50. The average molecular weight is 366 g/mol. The lowest BCUT2D eigenvalue weighted by atomic mass is 9.94. The van der Waals surface area contributed by atoms with Gasteiger partial charge < -0.3 is 10.0 Å². The predicted octanol–water partition coefficient (Wildman–Crippen LogP) is 1.48. The second-order valence-corrected chi connectivity index (χ2v) is 6.74. The average Bonchev–Trinajstić information content (AvgIpc) is 3.40. The zero-order chi connectivity index (χ0) is 18.6. The number of nitrogens with zero attached hydrogens (tertiary/aromatic N) is 6. The number of benzene rings is 1. The van der Waals surface area contributed by atoms with Gasteiger partial charge in [0.15, 0.2) is 0 Å². The molecule has 0 saturated carbocycles. The van der Waals surface area contributed by atoms with Crippen molar-refractivity contribution in [3.05, 3.63) is 60.4 Å². The van der Waals surface area contributed by atoms with E-state index < -0.39 is 0 Å². The highest BCUT2D eigenvalue weighted by Gasteiger charge is 2.27. The van der Waals surface area contributed by atoms with Gasteiger partial charge >= 0.3 is 0 Å². The second-order valence-electron chi connectivity index (χ2n) is 6.74. The number of hydrogen-bond donors (Lipinski definition) is 1. The number of aliphatic hydroxyl groups excluding tert-OH is 1. The fourth-order valence-corrected chi connectivity index (χ4v) is 3.54. The first-order chi connectivity index (χ1) is 13.2. The Balaban J connectivity index is 1.49. The summed E-state index contributed by atoms with van der Waals surface area (Å²) in [6.45, 7) is 1.97. The molecule has 1 saturated heterocycles. The summed E-state index contributed by atoms with van der Waals surface area (Å²) in [5.74, 6) is 0.257. The molecule has 1 N–H and O–H groups in total.